The van der Waals surface area contributed by atoms with Gasteiger partial charge in [0.25, 0.3) is 11.5 Å². The molecule has 1 saturated carbocycles. The number of aromatic amines is 1. The number of nitrogens with zero attached hydrogens (tertiary/aromatic N) is 1. The van der Waals surface area contributed by atoms with E-state index in [4.69, 9.17) is 0 Å². The van der Waals surface area contributed by atoms with Gasteiger partial charge in [0.15, 0.2) is 0 Å². The molecule has 0 aliphatic heterocycles. The molecular formula is C22H29N3O2. The standard InChI is InChI=1S/C22H29N3O2/c1-14-12-15(2)24-22(27)19(14)13-23-21(26)18-10-7-11-20(16(18)3)25(4)17-8-5-6-9-17/h7,10-12,17H,5-6,8-9,13H2,1-4H3,(H,23,26)(H,24,27). The number of anilines is 1. The SMILES string of the molecule is Cc1cc(C)c(CNC(=O)c2cccc(N(C)C3CCCC3)c2C)c(=O)[nH]1. The quantitative estimate of drug-likeness (QED) is 0.848. The Hall–Kier alpha value is -2.56. The van der Waals surface area contributed by atoms with Crippen molar-refractivity contribution >= 4 is 11.6 Å². The molecule has 0 unspecified atom stereocenters. The molecule has 5 heteroatoms. The smallest absolute Gasteiger partial charge is 0.253 e. The van der Waals surface area contributed by atoms with E-state index < -0.39 is 0 Å². The molecule has 3 rings (SSSR count). The first kappa shape index (κ1) is 19.2. The number of carbonyl (C=O) groups excluding carboxylic acids is 1. The molecule has 0 radical (unpaired) electrons. The summed E-state index contributed by atoms with van der Waals surface area (Å²) in [5, 5.41) is 2.92. The predicted molar refractivity (Wildman–Crippen MR) is 110 cm³/mol. The van der Waals surface area contributed by atoms with Crippen LogP contribution in [0.15, 0.2) is 29.1 Å². The number of amides is 1. The Morgan fingerprint density at radius 2 is 1.93 bits per heavy atom. The molecule has 1 fully saturated rings. The van der Waals surface area contributed by atoms with Gasteiger partial charge in [-0.05, 0) is 62.9 Å². The molecule has 5 nitrogen and oxygen atoms in total. The lowest BCUT2D eigenvalue weighted by Gasteiger charge is -2.28. The molecule has 1 aliphatic rings. The van der Waals surface area contributed by atoms with E-state index in [2.05, 4.69) is 28.3 Å². The molecule has 1 aromatic heterocycles. The van der Waals surface area contributed by atoms with Crippen molar-refractivity contribution < 1.29 is 4.79 Å². The van der Waals surface area contributed by atoms with E-state index in [1.165, 1.54) is 25.7 Å². The minimum absolute atomic E-state index is 0.140. The minimum Gasteiger partial charge on any atom is -0.371 e. The fourth-order valence-corrected chi connectivity index (χ4v) is 4.10. The summed E-state index contributed by atoms with van der Waals surface area (Å²) >= 11 is 0. The third kappa shape index (κ3) is 4.07. The van der Waals surface area contributed by atoms with Gasteiger partial charge in [-0.1, -0.05) is 18.9 Å². The summed E-state index contributed by atoms with van der Waals surface area (Å²) in [7, 11) is 2.12. The zero-order valence-corrected chi connectivity index (χ0v) is 16.7. The molecule has 1 heterocycles. The monoisotopic (exact) mass is 367 g/mol. The third-order valence-corrected chi connectivity index (χ3v) is 5.72. The summed E-state index contributed by atoms with van der Waals surface area (Å²) in [5.41, 5.74) is 4.94. The maximum absolute atomic E-state index is 12.8. The van der Waals surface area contributed by atoms with Crippen LogP contribution in [-0.2, 0) is 6.54 Å². The number of benzene rings is 1. The van der Waals surface area contributed by atoms with E-state index in [0.29, 0.717) is 17.2 Å². The van der Waals surface area contributed by atoms with Gasteiger partial charge in [-0.2, -0.15) is 0 Å². The lowest BCUT2D eigenvalue weighted by molar-refractivity contribution is 0.0950. The second kappa shape index (κ2) is 7.99. The number of aryl methyl sites for hydroxylation is 2. The Labute approximate surface area is 160 Å². The van der Waals surface area contributed by atoms with Crippen molar-refractivity contribution in [2.75, 3.05) is 11.9 Å². The number of H-pyrrole nitrogens is 1. The minimum atomic E-state index is -0.145. The van der Waals surface area contributed by atoms with Crippen LogP contribution in [0.1, 0.15) is 58.4 Å². The van der Waals surface area contributed by atoms with Crippen LogP contribution >= 0.6 is 0 Å². The summed E-state index contributed by atoms with van der Waals surface area (Å²) in [6.07, 6.45) is 4.97. The van der Waals surface area contributed by atoms with Crippen molar-refractivity contribution in [1.82, 2.24) is 10.3 Å². The van der Waals surface area contributed by atoms with Gasteiger partial charge in [0, 0.05) is 42.1 Å². The Morgan fingerprint density at radius 1 is 1.22 bits per heavy atom. The van der Waals surface area contributed by atoms with Gasteiger partial charge in [0.05, 0.1) is 0 Å². The van der Waals surface area contributed by atoms with E-state index in [9.17, 15) is 9.59 Å². The van der Waals surface area contributed by atoms with Gasteiger partial charge in [-0.3, -0.25) is 9.59 Å². The van der Waals surface area contributed by atoms with E-state index >= 15 is 0 Å². The lowest BCUT2D eigenvalue weighted by Crippen LogP contribution is -2.31. The molecule has 0 bridgehead atoms. The van der Waals surface area contributed by atoms with Crippen LogP contribution in [0.2, 0.25) is 0 Å². The van der Waals surface area contributed by atoms with Gasteiger partial charge < -0.3 is 15.2 Å². The van der Waals surface area contributed by atoms with Crippen LogP contribution in [0.5, 0.6) is 0 Å². The molecule has 144 valence electrons. The number of nitrogens with one attached hydrogen (secondary N) is 2. The molecule has 0 atom stereocenters. The normalized spacial score (nSPS) is 14.4. The number of carbonyl (C=O) groups is 1. The maximum Gasteiger partial charge on any atom is 0.253 e. The van der Waals surface area contributed by atoms with Crippen molar-refractivity contribution in [3.8, 4) is 0 Å². The first-order chi connectivity index (χ1) is 12.9. The van der Waals surface area contributed by atoms with Crippen molar-refractivity contribution in [2.24, 2.45) is 0 Å². The first-order valence-electron chi connectivity index (χ1n) is 9.68. The van der Waals surface area contributed by atoms with Gasteiger partial charge in [0.2, 0.25) is 0 Å². The molecule has 1 aromatic carbocycles. The van der Waals surface area contributed by atoms with Crippen LogP contribution in [0.4, 0.5) is 5.69 Å². The highest BCUT2D eigenvalue weighted by molar-refractivity contribution is 5.97. The fourth-order valence-electron chi connectivity index (χ4n) is 4.10. The highest BCUT2D eigenvalue weighted by Gasteiger charge is 2.22. The zero-order valence-electron chi connectivity index (χ0n) is 16.7. The van der Waals surface area contributed by atoms with E-state index in [1.54, 1.807) is 0 Å². The Balaban J connectivity index is 1.77. The van der Waals surface area contributed by atoms with Gasteiger partial charge >= 0.3 is 0 Å². The maximum atomic E-state index is 12.8. The van der Waals surface area contributed by atoms with E-state index in [1.807, 2.05) is 39.0 Å². The van der Waals surface area contributed by atoms with Crippen molar-refractivity contribution in [1.29, 1.82) is 0 Å². The van der Waals surface area contributed by atoms with Crippen LogP contribution in [0, 0.1) is 20.8 Å². The van der Waals surface area contributed by atoms with Gasteiger partial charge in [-0.25, -0.2) is 0 Å². The van der Waals surface area contributed by atoms with Gasteiger partial charge in [-0.15, -0.1) is 0 Å². The number of hydrogen-bond donors (Lipinski definition) is 2. The summed E-state index contributed by atoms with van der Waals surface area (Å²) in [5.74, 6) is -0.145. The van der Waals surface area contributed by atoms with Crippen molar-refractivity contribution in [3.63, 3.8) is 0 Å². The lowest BCUT2D eigenvalue weighted by atomic mass is 10.0. The molecule has 2 aromatic rings. The molecule has 0 spiro atoms. The zero-order chi connectivity index (χ0) is 19.6. The Morgan fingerprint density at radius 3 is 2.59 bits per heavy atom. The van der Waals surface area contributed by atoms with Crippen molar-refractivity contribution in [3.05, 3.63) is 62.6 Å². The predicted octanol–water partition coefficient (Wildman–Crippen LogP) is 3.61. The average Bonchev–Trinajstić information content (AvgIpc) is 3.15. The first-order valence-corrected chi connectivity index (χ1v) is 9.68. The summed E-state index contributed by atoms with van der Waals surface area (Å²) < 4.78 is 0. The Bertz CT molecular complexity index is 895. The van der Waals surface area contributed by atoms with Crippen LogP contribution < -0.4 is 15.8 Å². The second-order valence-electron chi connectivity index (χ2n) is 7.62. The summed E-state index contributed by atoms with van der Waals surface area (Å²) in [6.45, 7) is 5.97. The number of aromatic nitrogens is 1. The summed E-state index contributed by atoms with van der Waals surface area (Å²) in [4.78, 5) is 30.0. The second-order valence-corrected chi connectivity index (χ2v) is 7.62. The fraction of sp³-hybridized carbons (Fsp3) is 0.455. The number of rotatable bonds is 5. The topological polar surface area (TPSA) is 65.2 Å². The van der Waals surface area contributed by atoms with E-state index in [-0.39, 0.29) is 18.0 Å². The molecule has 1 amide bonds. The molecule has 2 N–H and O–H groups in total. The Kier molecular flexibility index (Phi) is 5.68. The van der Waals surface area contributed by atoms with Crippen LogP contribution in [-0.4, -0.2) is 24.0 Å². The van der Waals surface area contributed by atoms with E-state index in [0.717, 1.165) is 22.5 Å². The molecule has 27 heavy (non-hydrogen) atoms. The van der Waals surface area contributed by atoms with Crippen molar-refractivity contribution in [2.45, 2.75) is 59.0 Å². The highest BCUT2D eigenvalue weighted by Crippen LogP contribution is 2.30. The largest absolute Gasteiger partial charge is 0.371 e. The number of pyridine rings is 1. The number of hydrogen-bond acceptors (Lipinski definition) is 3. The molecular weight excluding hydrogens is 338 g/mol. The van der Waals surface area contributed by atoms with Gasteiger partial charge in [0.1, 0.15) is 0 Å². The highest BCUT2D eigenvalue weighted by atomic mass is 16.1. The van der Waals surface area contributed by atoms with Crippen LogP contribution in [0.25, 0.3) is 0 Å². The van der Waals surface area contributed by atoms with Crippen LogP contribution in [0.3, 0.4) is 0 Å². The third-order valence-electron chi connectivity index (χ3n) is 5.72. The average molecular weight is 367 g/mol. The summed E-state index contributed by atoms with van der Waals surface area (Å²) in [6, 6.07) is 8.34. The molecule has 0 saturated heterocycles. The molecule has 1 aliphatic carbocycles.